The van der Waals surface area contributed by atoms with E-state index in [2.05, 4.69) is 0 Å². The van der Waals surface area contributed by atoms with E-state index in [9.17, 15) is 5.11 Å². The summed E-state index contributed by atoms with van der Waals surface area (Å²) in [7, 11) is 0. The minimum atomic E-state index is -0.0941. The van der Waals surface area contributed by atoms with E-state index >= 15 is 0 Å². The van der Waals surface area contributed by atoms with Crippen molar-refractivity contribution in [2.24, 2.45) is 11.8 Å². The normalized spacial score (nSPS) is 32.2. The second-order valence-corrected chi connectivity index (χ2v) is 5.22. The van der Waals surface area contributed by atoms with E-state index in [0.717, 1.165) is 26.1 Å². The number of aliphatic hydroxyl groups excluding tert-OH is 1. The summed E-state index contributed by atoms with van der Waals surface area (Å²) in [5.74, 6) is 0.973. The standard InChI is InChI=1S/C13H24O2/c14-13(12-8-5-9-15-10-12)11-6-3-1-2-4-7-11/h11-14H,1-10H2. The Labute approximate surface area is 93.0 Å². The van der Waals surface area contributed by atoms with Crippen LogP contribution in [0.5, 0.6) is 0 Å². The Balaban J connectivity index is 1.83. The molecular formula is C13H24O2. The third kappa shape index (κ3) is 3.18. The molecule has 1 saturated carbocycles. The summed E-state index contributed by atoms with van der Waals surface area (Å²) in [4.78, 5) is 0. The first-order chi connectivity index (χ1) is 7.38. The molecule has 1 aliphatic heterocycles. The fourth-order valence-corrected chi connectivity index (χ4v) is 3.07. The lowest BCUT2D eigenvalue weighted by atomic mass is 9.83. The molecule has 2 fully saturated rings. The summed E-state index contributed by atoms with van der Waals surface area (Å²) in [6.45, 7) is 1.69. The van der Waals surface area contributed by atoms with Crippen molar-refractivity contribution in [3.05, 3.63) is 0 Å². The summed E-state index contributed by atoms with van der Waals surface area (Å²) >= 11 is 0. The smallest absolute Gasteiger partial charge is 0.0618 e. The van der Waals surface area contributed by atoms with Crippen molar-refractivity contribution < 1.29 is 9.84 Å². The lowest BCUT2D eigenvalue weighted by molar-refractivity contribution is -0.0357. The van der Waals surface area contributed by atoms with Crippen LogP contribution in [-0.2, 0) is 4.74 Å². The molecule has 2 aliphatic rings. The molecule has 1 saturated heterocycles. The zero-order chi connectivity index (χ0) is 10.5. The van der Waals surface area contributed by atoms with Gasteiger partial charge >= 0.3 is 0 Å². The van der Waals surface area contributed by atoms with E-state index in [4.69, 9.17) is 4.74 Å². The van der Waals surface area contributed by atoms with Gasteiger partial charge in [0.25, 0.3) is 0 Å². The molecule has 2 atom stereocenters. The maximum Gasteiger partial charge on any atom is 0.0618 e. The third-order valence-electron chi connectivity index (χ3n) is 4.06. The second kappa shape index (κ2) is 5.86. The van der Waals surface area contributed by atoms with Crippen LogP contribution in [0.25, 0.3) is 0 Å². The zero-order valence-corrected chi connectivity index (χ0v) is 9.66. The highest BCUT2D eigenvalue weighted by atomic mass is 16.5. The van der Waals surface area contributed by atoms with Crippen molar-refractivity contribution in [3.8, 4) is 0 Å². The number of rotatable bonds is 2. The predicted molar refractivity (Wildman–Crippen MR) is 60.7 cm³/mol. The molecule has 0 bridgehead atoms. The van der Waals surface area contributed by atoms with Crippen molar-refractivity contribution in [2.45, 2.75) is 57.5 Å². The lowest BCUT2D eigenvalue weighted by Gasteiger charge is -2.31. The highest BCUT2D eigenvalue weighted by Gasteiger charge is 2.29. The first-order valence-electron chi connectivity index (χ1n) is 6.64. The zero-order valence-electron chi connectivity index (χ0n) is 9.66. The molecule has 15 heavy (non-hydrogen) atoms. The van der Waals surface area contributed by atoms with Crippen LogP contribution in [0.4, 0.5) is 0 Å². The molecule has 1 N–H and O–H groups in total. The van der Waals surface area contributed by atoms with Crippen LogP contribution in [0.3, 0.4) is 0 Å². The average molecular weight is 212 g/mol. The minimum Gasteiger partial charge on any atom is -0.392 e. The van der Waals surface area contributed by atoms with Crippen LogP contribution in [0, 0.1) is 11.8 Å². The van der Waals surface area contributed by atoms with Crippen molar-refractivity contribution in [1.29, 1.82) is 0 Å². The summed E-state index contributed by atoms with van der Waals surface area (Å²) in [5.41, 5.74) is 0. The van der Waals surface area contributed by atoms with Crippen molar-refractivity contribution in [2.75, 3.05) is 13.2 Å². The molecule has 2 unspecified atom stereocenters. The van der Waals surface area contributed by atoms with Gasteiger partial charge in [0.15, 0.2) is 0 Å². The first-order valence-corrected chi connectivity index (χ1v) is 6.64. The Morgan fingerprint density at radius 3 is 2.13 bits per heavy atom. The van der Waals surface area contributed by atoms with Crippen LogP contribution in [-0.4, -0.2) is 24.4 Å². The summed E-state index contributed by atoms with van der Waals surface area (Å²) in [5, 5.41) is 10.3. The number of ether oxygens (including phenoxy) is 1. The maximum atomic E-state index is 10.3. The Morgan fingerprint density at radius 2 is 1.53 bits per heavy atom. The molecule has 0 aromatic carbocycles. The highest BCUT2D eigenvalue weighted by Crippen LogP contribution is 2.31. The molecule has 0 amide bonds. The van der Waals surface area contributed by atoms with Crippen molar-refractivity contribution in [1.82, 2.24) is 0 Å². The van der Waals surface area contributed by atoms with E-state index in [1.807, 2.05) is 0 Å². The van der Waals surface area contributed by atoms with Gasteiger partial charge < -0.3 is 9.84 Å². The summed E-state index contributed by atoms with van der Waals surface area (Å²) < 4.78 is 5.47. The maximum absolute atomic E-state index is 10.3. The number of hydrogen-bond acceptors (Lipinski definition) is 2. The van der Waals surface area contributed by atoms with Crippen LogP contribution < -0.4 is 0 Å². The van der Waals surface area contributed by atoms with E-state index < -0.39 is 0 Å². The molecule has 88 valence electrons. The quantitative estimate of drug-likeness (QED) is 0.713. The largest absolute Gasteiger partial charge is 0.392 e. The SMILES string of the molecule is OC(C1CCCCCC1)C1CCCOC1. The van der Waals surface area contributed by atoms with Crippen LogP contribution in [0.15, 0.2) is 0 Å². The van der Waals surface area contributed by atoms with Gasteiger partial charge in [-0.05, 0) is 31.6 Å². The van der Waals surface area contributed by atoms with Gasteiger partial charge in [0.2, 0.25) is 0 Å². The third-order valence-corrected chi connectivity index (χ3v) is 4.06. The van der Waals surface area contributed by atoms with E-state index in [1.165, 1.54) is 38.5 Å². The molecule has 2 heteroatoms. The second-order valence-electron chi connectivity index (χ2n) is 5.22. The molecule has 1 aliphatic carbocycles. The molecule has 1 heterocycles. The molecule has 2 rings (SSSR count). The number of hydrogen-bond donors (Lipinski definition) is 1. The van der Waals surface area contributed by atoms with Gasteiger partial charge in [-0.3, -0.25) is 0 Å². The van der Waals surface area contributed by atoms with Gasteiger partial charge in [-0.25, -0.2) is 0 Å². The van der Waals surface area contributed by atoms with Gasteiger partial charge in [-0.1, -0.05) is 25.7 Å². The highest BCUT2D eigenvalue weighted by molar-refractivity contribution is 4.79. The topological polar surface area (TPSA) is 29.5 Å². The molecule has 0 aromatic heterocycles. The Kier molecular flexibility index (Phi) is 4.45. The average Bonchev–Trinajstić information content (AvgIpc) is 2.58. The Morgan fingerprint density at radius 1 is 0.867 bits per heavy atom. The fraction of sp³-hybridized carbons (Fsp3) is 1.00. The van der Waals surface area contributed by atoms with Gasteiger partial charge in [0, 0.05) is 12.5 Å². The van der Waals surface area contributed by atoms with Crippen LogP contribution in [0.2, 0.25) is 0 Å². The molecule has 0 radical (unpaired) electrons. The first kappa shape index (κ1) is 11.4. The van der Waals surface area contributed by atoms with Gasteiger partial charge in [0.05, 0.1) is 12.7 Å². The van der Waals surface area contributed by atoms with Crippen molar-refractivity contribution in [3.63, 3.8) is 0 Å². The molecule has 2 nitrogen and oxygen atoms in total. The Bertz CT molecular complexity index is 167. The molecule has 0 aromatic rings. The summed E-state index contributed by atoms with van der Waals surface area (Å²) in [6, 6.07) is 0. The van der Waals surface area contributed by atoms with E-state index in [0.29, 0.717) is 11.8 Å². The van der Waals surface area contributed by atoms with E-state index in [-0.39, 0.29) is 6.10 Å². The van der Waals surface area contributed by atoms with Gasteiger partial charge in [-0.15, -0.1) is 0 Å². The predicted octanol–water partition coefficient (Wildman–Crippen LogP) is 2.74. The fourth-order valence-electron chi connectivity index (χ4n) is 3.07. The van der Waals surface area contributed by atoms with Gasteiger partial charge in [0.1, 0.15) is 0 Å². The monoisotopic (exact) mass is 212 g/mol. The van der Waals surface area contributed by atoms with Crippen molar-refractivity contribution >= 4 is 0 Å². The van der Waals surface area contributed by atoms with E-state index in [1.54, 1.807) is 0 Å². The van der Waals surface area contributed by atoms with Gasteiger partial charge in [-0.2, -0.15) is 0 Å². The minimum absolute atomic E-state index is 0.0941. The Hall–Kier alpha value is -0.0800. The van der Waals surface area contributed by atoms with Crippen LogP contribution in [0.1, 0.15) is 51.4 Å². The molecular weight excluding hydrogens is 188 g/mol. The number of aliphatic hydroxyl groups is 1. The summed E-state index contributed by atoms with van der Waals surface area (Å²) in [6.07, 6.45) is 10.0. The molecule has 0 spiro atoms. The lowest BCUT2D eigenvalue weighted by Crippen LogP contribution is -2.34. The van der Waals surface area contributed by atoms with Crippen LogP contribution >= 0.6 is 0 Å².